The molecule has 0 saturated carbocycles. The maximum atomic E-state index is 5.65. The first-order valence-electron chi connectivity index (χ1n) is 6.56. The Kier molecular flexibility index (Phi) is 3.93. The van der Waals surface area contributed by atoms with E-state index in [9.17, 15) is 0 Å². The van der Waals surface area contributed by atoms with Crippen molar-refractivity contribution < 1.29 is 9.47 Å². The molecule has 0 spiro atoms. The fourth-order valence-electron chi connectivity index (χ4n) is 2.60. The van der Waals surface area contributed by atoms with Crippen LogP contribution in [0.5, 0.6) is 5.75 Å². The number of ether oxygens (including phenoxy) is 2. The van der Waals surface area contributed by atoms with Crippen LogP contribution in [0.25, 0.3) is 0 Å². The molecule has 0 unspecified atom stereocenters. The summed E-state index contributed by atoms with van der Waals surface area (Å²) >= 11 is 0. The van der Waals surface area contributed by atoms with Crippen molar-refractivity contribution in [3.63, 3.8) is 0 Å². The van der Waals surface area contributed by atoms with Gasteiger partial charge in [-0.2, -0.15) is 0 Å². The topological polar surface area (TPSA) is 44.5 Å². The van der Waals surface area contributed by atoms with Crippen LogP contribution in [0.1, 0.15) is 29.5 Å². The number of rotatable bonds is 5. The Bertz CT molecular complexity index is 425. The van der Waals surface area contributed by atoms with Crippen LogP contribution in [0.3, 0.4) is 0 Å². The quantitative estimate of drug-likeness (QED) is 0.871. The van der Waals surface area contributed by atoms with Crippen LogP contribution in [0, 0.1) is 13.8 Å². The third kappa shape index (κ3) is 2.25. The Morgan fingerprint density at radius 2 is 1.94 bits per heavy atom. The van der Waals surface area contributed by atoms with Gasteiger partial charge >= 0.3 is 0 Å². The van der Waals surface area contributed by atoms with Gasteiger partial charge in [-0.05, 0) is 50.4 Å². The predicted molar refractivity (Wildman–Crippen MR) is 73.3 cm³/mol. The zero-order valence-electron chi connectivity index (χ0n) is 11.6. The summed E-state index contributed by atoms with van der Waals surface area (Å²) < 4.78 is 11.0. The summed E-state index contributed by atoms with van der Waals surface area (Å²) in [7, 11) is 1.74. The van der Waals surface area contributed by atoms with Crippen molar-refractivity contribution >= 4 is 0 Å². The number of nitrogens with two attached hydrogens (primary N) is 1. The standard InChI is InChI=1S/C15H23NO2/c1-11-7-13(14(17-3)8-12(11)2)15(5-4-6-16)9-18-10-15/h7-8H,4-6,9-10,16H2,1-3H3. The maximum absolute atomic E-state index is 5.65. The molecule has 1 aromatic carbocycles. The van der Waals surface area contributed by atoms with Gasteiger partial charge in [-0.15, -0.1) is 0 Å². The fraction of sp³-hybridized carbons (Fsp3) is 0.600. The Hall–Kier alpha value is -1.06. The Morgan fingerprint density at radius 3 is 2.44 bits per heavy atom. The van der Waals surface area contributed by atoms with E-state index in [1.54, 1.807) is 7.11 Å². The van der Waals surface area contributed by atoms with E-state index in [1.807, 2.05) is 0 Å². The van der Waals surface area contributed by atoms with E-state index in [1.165, 1.54) is 16.7 Å². The van der Waals surface area contributed by atoms with Crippen molar-refractivity contribution in [3.8, 4) is 5.75 Å². The molecular weight excluding hydrogens is 226 g/mol. The third-order valence-electron chi connectivity index (χ3n) is 4.00. The lowest BCUT2D eigenvalue weighted by Crippen LogP contribution is -2.47. The summed E-state index contributed by atoms with van der Waals surface area (Å²) in [6.07, 6.45) is 2.10. The number of methoxy groups -OCH3 is 1. The van der Waals surface area contributed by atoms with Crippen LogP contribution in [0.15, 0.2) is 12.1 Å². The van der Waals surface area contributed by atoms with Gasteiger partial charge in [0.2, 0.25) is 0 Å². The first-order valence-corrected chi connectivity index (χ1v) is 6.56. The van der Waals surface area contributed by atoms with Gasteiger partial charge in [-0.1, -0.05) is 6.07 Å². The van der Waals surface area contributed by atoms with Gasteiger partial charge in [-0.25, -0.2) is 0 Å². The average molecular weight is 249 g/mol. The van der Waals surface area contributed by atoms with Gasteiger partial charge in [0.1, 0.15) is 5.75 Å². The Balaban J connectivity index is 2.38. The van der Waals surface area contributed by atoms with Gasteiger partial charge in [-0.3, -0.25) is 0 Å². The molecule has 0 aromatic heterocycles. The number of hydrogen-bond acceptors (Lipinski definition) is 3. The van der Waals surface area contributed by atoms with E-state index in [0.29, 0.717) is 0 Å². The van der Waals surface area contributed by atoms with E-state index in [4.69, 9.17) is 15.2 Å². The summed E-state index contributed by atoms with van der Waals surface area (Å²) in [5, 5.41) is 0. The Labute approximate surface area is 109 Å². The first kappa shape index (κ1) is 13.4. The average Bonchev–Trinajstić information content (AvgIpc) is 2.32. The molecule has 1 fully saturated rings. The van der Waals surface area contributed by atoms with E-state index in [-0.39, 0.29) is 5.41 Å². The molecule has 1 saturated heterocycles. The monoisotopic (exact) mass is 249 g/mol. The molecule has 18 heavy (non-hydrogen) atoms. The second-order valence-electron chi connectivity index (χ2n) is 5.30. The number of aryl methyl sites for hydroxylation is 2. The van der Waals surface area contributed by atoms with E-state index < -0.39 is 0 Å². The van der Waals surface area contributed by atoms with Crippen LogP contribution in [0.2, 0.25) is 0 Å². The molecule has 1 heterocycles. The normalized spacial score (nSPS) is 17.3. The molecule has 2 rings (SSSR count). The predicted octanol–water partition coefficient (Wildman–Crippen LogP) is 2.32. The number of benzene rings is 1. The Morgan fingerprint density at radius 1 is 1.28 bits per heavy atom. The summed E-state index contributed by atoms with van der Waals surface area (Å²) in [4.78, 5) is 0. The van der Waals surface area contributed by atoms with Gasteiger partial charge in [0, 0.05) is 11.0 Å². The summed E-state index contributed by atoms with van der Waals surface area (Å²) in [6, 6.07) is 4.39. The van der Waals surface area contributed by atoms with Gasteiger partial charge in [0.05, 0.1) is 20.3 Å². The summed E-state index contributed by atoms with van der Waals surface area (Å²) in [5.74, 6) is 0.985. The van der Waals surface area contributed by atoms with Crippen molar-refractivity contribution in [1.29, 1.82) is 0 Å². The molecule has 1 aliphatic rings. The lowest BCUT2D eigenvalue weighted by Gasteiger charge is -2.43. The van der Waals surface area contributed by atoms with Crippen molar-refractivity contribution in [1.82, 2.24) is 0 Å². The van der Waals surface area contributed by atoms with Crippen molar-refractivity contribution in [2.24, 2.45) is 5.73 Å². The molecule has 0 amide bonds. The molecule has 1 aromatic rings. The molecule has 0 radical (unpaired) electrons. The third-order valence-corrected chi connectivity index (χ3v) is 4.00. The van der Waals surface area contributed by atoms with E-state index >= 15 is 0 Å². The lowest BCUT2D eigenvalue weighted by atomic mass is 9.74. The van der Waals surface area contributed by atoms with Crippen molar-refractivity contribution in [2.45, 2.75) is 32.1 Å². The minimum absolute atomic E-state index is 0.114. The molecule has 3 nitrogen and oxygen atoms in total. The van der Waals surface area contributed by atoms with Crippen LogP contribution in [0.4, 0.5) is 0 Å². The van der Waals surface area contributed by atoms with Crippen LogP contribution < -0.4 is 10.5 Å². The van der Waals surface area contributed by atoms with Gasteiger partial charge < -0.3 is 15.2 Å². The molecule has 100 valence electrons. The summed E-state index contributed by atoms with van der Waals surface area (Å²) in [5.41, 5.74) is 9.62. The van der Waals surface area contributed by atoms with Crippen LogP contribution in [-0.2, 0) is 10.2 Å². The minimum Gasteiger partial charge on any atom is -0.496 e. The zero-order valence-corrected chi connectivity index (χ0v) is 11.6. The lowest BCUT2D eigenvalue weighted by molar-refractivity contribution is -0.0658. The van der Waals surface area contributed by atoms with Crippen molar-refractivity contribution in [2.75, 3.05) is 26.9 Å². The zero-order chi connectivity index (χ0) is 13.2. The second-order valence-corrected chi connectivity index (χ2v) is 5.30. The van der Waals surface area contributed by atoms with Gasteiger partial charge in [0.25, 0.3) is 0 Å². The van der Waals surface area contributed by atoms with Gasteiger partial charge in [0.15, 0.2) is 0 Å². The fourth-order valence-corrected chi connectivity index (χ4v) is 2.60. The molecule has 0 atom stereocenters. The maximum Gasteiger partial charge on any atom is 0.123 e. The summed E-state index contributed by atoms with van der Waals surface area (Å²) in [6.45, 7) is 6.56. The molecule has 0 aliphatic carbocycles. The van der Waals surface area contributed by atoms with Crippen LogP contribution in [-0.4, -0.2) is 26.9 Å². The first-order chi connectivity index (χ1) is 8.63. The minimum atomic E-state index is 0.114. The van der Waals surface area contributed by atoms with E-state index in [0.717, 1.165) is 38.3 Å². The number of hydrogen-bond donors (Lipinski definition) is 1. The van der Waals surface area contributed by atoms with Crippen LogP contribution >= 0.6 is 0 Å². The largest absolute Gasteiger partial charge is 0.496 e. The molecule has 2 N–H and O–H groups in total. The van der Waals surface area contributed by atoms with Crippen molar-refractivity contribution in [3.05, 3.63) is 28.8 Å². The highest BCUT2D eigenvalue weighted by Gasteiger charge is 2.41. The highest BCUT2D eigenvalue weighted by Crippen LogP contribution is 2.42. The second kappa shape index (κ2) is 5.29. The highest BCUT2D eigenvalue weighted by atomic mass is 16.5. The molecule has 0 bridgehead atoms. The molecule has 3 heteroatoms. The smallest absolute Gasteiger partial charge is 0.123 e. The molecular formula is C15H23NO2. The molecule has 1 aliphatic heterocycles. The highest BCUT2D eigenvalue weighted by molar-refractivity contribution is 5.47. The SMILES string of the molecule is COc1cc(C)c(C)cc1C1(CCCN)COC1. The van der Waals surface area contributed by atoms with E-state index in [2.05, 4.69) is 26.0 Å².